The van der Waals surface area contributed by atoms with E-state index < -0.39 is 0 Å². The standard InChI is InChI=1S/C19H28N4O2/c1-13(2)19-21-18(25-22-19)8-6-7-17(24)20-12-15-9-10-16(23(4)5)14(3)11-15/h9-11,13H,6-8,12H2,1-5H3,(H,20,24). The maximum Gasteiger partial charge on any atom is 0.226 e. The smallest absolute Gasteiger partial charge is 0.226 e. The Labute approximate surface area is 149 Å². The number of hydrogen-bond acceptors (Lipinski definition) is 5. The highest BCUT2D eigenvalue weighted by Gasteiger charge is 2.10. The van der Waals surface area contributed by atoms with Gasteiger partial charge in [-0.3, -0.25) is 4.79 Å². The maximum atomic E-state index is 12.0. The fraction of sp³-hybridized carbons (Fsp3) is 0.526. The molecule has 0 fully saturated rings. The number of carbonyl (C=O) groups is 1. The van der Waals surface area contributed by atoms with Gasteiger partial charge in [-0.25, -0.2) is 0 Å². The van der Waals surface area contributed by atoms with Crippen LogP contribution in [0.25, 0.3) is 0 Å². The molecule has 0 radical (unpaired) electrons. The van der Waals surface area contributed by atoms with E-state index in [9.17, 15) is 4.79 Å². The van der Waals surface area contributed by atoms with Crippen molar-refractivity contribution in [2.45, 2.75) is 52.5 Å². The molecule has 6 heteroatoms. The lowest BCUT2D eigenvalue weighted by atomic mass is 10.1. The molecule has 0 saturated heterocycles. The molecule has 0 spiro atoms. The minimum Gasteiger partial charge on any atom is -0.377 e. The van der Waals surface area contributed by atoms with Crippen molar-refractivity contribution in [3.63, 3.8) is 0 Å². The molecule has 136 valence electrons. The van der Waals surface area contributed by atoms with E-state index in [4.69, 9.17) is 4.52 Å². The molecule has 0 aliphatic heterocycles. The quantitative estimate of drug-likeness (QED) is 0.796. The molecule has 0 aliphatic rings. The molecule has 1 heterocycles. The Bertz CT molecular complexity index is 707. The minimum atomic E-state index is 0.0398. The number of nitrogens with one attached hydrogen (secondary N) is 1. The molecule has 0 atom stereocenters. The predicted octanol–water partition coefficient (Wildman–Crippen LogP) is 3.21. The number of hydrogen-bond donors (Lipinski definition) is 1. The second kappa shape index (κ2) is 8.65. The van der Waals surface area contributed by atoms with Crippen LogP contribution in [-0.2, 0) is 17.8 Å². The van der Waals surface area contributed by atoms with Crippen molar-refractivity contribution in [3.8, 4) is 0 Å². The average Bonchev–Trinajstić information content (AvgIpc) is 3.02. The molecule has 1 aromatic heterocycles. The fourth-order valence-electron chi connectivity index (χ4n) is 2.62. The van der Waals surface area contributed by atoms with Crippen LogP contribution in [0.4, 0.5) is 5.69 Å². The number of benzene rings is 1. The first kappa shape index (κ1) is 19.0. The van der Waals surface area contributed by atoms with E-state index >= 15 is 0 Å². The molecule has 0 bridgehead atoms. The van der Waals surface area contributed by atoms with Crippen molar-refractivity contribution in [2.24, 2.45) is 0 Å². The molecule has 0 unspecified atom stereocenters. The third-order valence-electron chi connectivity index (χ3n) is 4.03. The molecule has 0 saturated carbocycles. The normalized spacial score (nSPS) is 11.0. The van der Waals surface area contributed by atoms with Crippen molar-refractivity contribution in [2.75, 3.05) is 19.0 Å². The fourth-order valence-corrected chi connectivity index (χ4v) is 2.62. The zero-order valence-corrected chi connectivity index (χ0v) is 15.8. The Morgan fingerprint density at radius 2 is 2.08 bits per heavy atom. The maximum absolute atomic E-state index is 12.0. The van der Waals surface area contributed by atoms with E-state index in [1.54, 1.807) is 0 Å². The van der Waals surface area contributed by atoms with Crippen LogP contribution in [0.1, 0.15) is 55.4 Å². The first-order valence-electron chi connectivity index (χ1n) is 8.73. The summed E-state index contributed by atoms with van der Waals surface area (Å²) < 4.78 is 5.18. The van der Waals surface area contributed by atoms with Crippen LogP contribution in [0, 0.1) is 6.92 Å². The summed E-state index contributed by atoms with van der Waals surface area (Å²) in [5.74, 6) is 1.61. The van der Waals surface area contributed by atoms with Crippen LogP contribution in [0.3, 0.4) is 0 Å². The van der Waals surface area contributed by atoms with Crippen molar-refractivity contribution in [3.05, 3.63) is 41.0 Å². The molecule has 0 aliphatic carbocycles. The van der Waals surface area contributed by atoms with Crippen LogP contribution < -0.4 is 10.2 Å². The van der Waals surface area contributed by atoms with E-state index in [0.717, 1.165) is 11.4 Å². The Morgan fingerprint density at radius 3 is 2.68 bits per heavy atom. The van der Waals surface area contributed by atoms with E-state index in [1.807, 2.05) is 27.9 Å². The third-order valence-corrected chi connectivity index (χ3v) is 4.03. The molecule has 1 aromatic carbocycles. The van der Waals surface area contributed by atoms with Gasteiger partial charge in [0.1, 0.15) is 0 Å². The second-order valence-electron chi connectivity index (χ2n) is 6.85. The van der Waals surface area contributed by atoms with E-state index in [1.165, 1.54) is 11.3 Å². The Balaban J connectivity index is 1.74. The number of nitrogens with zero attached hydrogens (tertiary/aromatic N) is 3. The third kappa shape index (κ3) is 5.59. The monoisotopic (exact) mass is 344 g/mol. The number of amides is 1. The minimum absolute atomic E-state index is 0.0398. The first-order chi connectivity index (χ1) is 11.9. The van der Waals surface area contributed by atoms with Crippen molar-refractivity contribution in [1.29, 1.82) is 0 Å². The lowest BCUT2D eigenvalue weighted by Gasteiger charge is -2.16. The molecule has 2 rings (SSSR count). The van der Waals surface area contributed by atoms with E-state index in [-0.39, 0.29) is 11.8 Å². The van der Waals surface area contributed by atoms with Crippen molar-refractivity contribution < 1.29 is 9.32 Å². The molecule has 2 aromatic rings. The Kier molecular flexibility index (Phi) is 6.56. The summed E-state index contributed by atoms with van der Waals surface area (Å²) in [6.07, 6.45) is 1.78. The lowest BCUT2D eigenvalue weighted by Crippen LogP contribution is -2.22. The SMILES string of the molecule is Cc1cc(CNC(=O)CCCc2nc(C(C)C)no2)ccc1N(C)C. The van der Waals surface area contributed by atoms with Crippen LogP contribution in [0.5, 0.6) is 0 Å². The van der Waals surface area contributed by atoms with Gasteiger partial charge in [-0.05, 0) is 30.5 Å². The van der Waals surface area contributed by atoms with Gasteiger partial charge in [-0.1, -0.05) is 31.1 Å². The highest BCUT2D eigenvalue weighted by Crippen LogP contribution is 2.19. The number of carbonyl (C=O) groups excluding carboxylic acids is 1. The Hall–Kier alpha value is -2.37. The summed E-state index contributed by atoms with van der Waals surface area (Å²) in [4.78, 5) is 18.4. The summed E-state index contributed by atoms with van der Waals surface area (Å²) >= 11 is 0. The molecule has 1 amide bonds. The van der Waals surface area contributed by atoms with Crippen LogP contribution in [0.15, 0.2) is 22.7 Å². The largest absolute Gasteiger partial charge is 0.377 e. The van der Waals surface area contributed by atoms with Crippen molar-refractivity contribution in [1.82, 2.24) is 15.5 Å². The van der Waals surface area contributed by atoms with Gasteiger partial charge in [0, 0.05) is 45.1 Å². The molecule has 1 N–H and O–H groups in total. The van der Waals surface area contributed by atoms with Crippen LogP contribution in [0.2, 0.25) is 0 Å². The summed E-state index contributed by atoms with van der Waals surface area (Å²) in [5.41, 5.74) is 3.50. The summed E-state index contributed by atoms with van der Waals surface area (Å²) in [7, 11) is 4.05. The summed E-state index contributed by atoms with van der Waals surface area (Å²) in [6.45, 7) is 6.67. The van der Waals surface area contributed by atoms with Gasteiger partial charge in [0.25, 0.3) is 0 Å². The van der Waals surface area contributed by atoms with Gasteiger partial charge >= 0.3 is 0 Å². The number of aromatic nitrogens is 2. The van der Waals surface area contributed by atoms with Gasteiger partial charge in [-0.2, -0.15) is 4.98 Å². The van der Waals surface area contributed by atoms with Crippen LogP contribution in [-0.4, -0.2) is 30.1 Å². The first-order valence-corrected chi connectivity index (χ1v) is 8.73. The lowest BCUT2D eigenvalue weighted by molar-refractivity contribution is -0.121. The predicted molar refractivity (Wildman–Crippen MR) is 98.7 cm³/mol. The van der Waals surface area contributed by atoms with E-state index in [0.29, 0.717) is 31.7 Å². The topological polar surface area (TPSA) is 71.3 Å². The number of aryl methyl sites for hydroxylation is 2. The zero-order chi connectivity index (χ0) is 18.4. The summed E-state index contributed by atoms with van der Waals surface area (Å²) in [5, 5.41) is 6.89. The van der Waals surface area contributed by atoms with Gasteiger partial charge in [-0.15, -0.1) is 0 Å². The summed E-state index contributed by atoms with van der Waals surface area (Å²) in [6, 6.07) is 6.24. The Morgan fingerprint density at radius 1 is 1.32 bits per heavy atom. The molecular formula is C19H28N4O2. The number of anilines is 1. The number of rotatable bonds is 8. The van der Waals surface area contributed by atoms with E-state index in [2.05, 4.69) is 45.5 Å². The van der Waals surface area contributed by atoms with Gasteiger partial charge in [0.2, 0.25) is 11.8 Å². The molecule has 6 nitrogen and oxygen atoms in total. The van der Waals surface area contributed by atoms with Crippen LogP contribution >= 0.6 is 0 Å². The molecule has 25 heavy (non-hydrogen) atoms. The van der Waals surface area contributed by atoms with Gasteiger partial charge < -0.3 is 14.7 Å². The average molecular weight is 344 g/mol. The highest BCUT2D eigenvalue weighted by molar-refractivity contribution is 5.75. The van der Waals surface area contributed by atoms with Gasteiger partial charge in [0.05, 0.1) is 0 Å². The molecular weight excluding hydrogens is 316 g/mol. The second-order valence-corrected chi connectivity index (χ2v) is 6.85. The zero-order valence-electron chi connectivity index (χ0n) is 15.8. The van der Waals surface area contributed by atoms with Gasteiger partial charge in [0.15, 0.2) is 5.82 Å². The van der Waals surface area contributed by atoms with Crippen molar-refractivity contribution >= 4 is 11.6 Å². The highest BCUT2D eigenvalue weighted by atomic mass is 16.5.